The van der Waals surface area contributed by atoms with Crippen molar-refractivity contribution in [1.82, 2.24) is 24.0 Å². The molecule has 4 aromatic rings. The van der Waals surface area contributed by atoms with E-state index in [1.54, 1.807) is 6.07 Å². The zero-order chi connectivity index (χ0) is 23.7. The van der Waals surface area contributed by atoms with Gasteiger partial charge in [0.15, 0.2) is 5.82 Å². The van der Waals surface area contributed by atoms with Crippen LogP contribution in [-0.2, 0) is 13.1 Å². The van der Waals surface area contributed by atoms with E-state index < -0.39 is 5.82 Å². The summed E-state index contributed by atoms with van der Waals surface area (Å²) >= 11 is 13.6. The molecule has 1 saturated heterocycles. The van der Waals surface area contributed by atoms with E-state index in [4.69, 9.17) is 28.2 Å². The summed E-state index contributed by atoms with van der Waals surface area (Å²) in [7, 11) is 0. The zero-order valence-electron chi connectivity index (χ0n) is 18.0. The van der Waals surface area contributed by atoms with Gasteiger partial charge in [-0.2, -0.15) is 9.36 Å². The number of aromatic nitrogens is 4. The van der Waals surface area contributed by atoms with Gasteiger partial charge in [-0.05, 0) is 17.7 Å². The monoisotopic (exact) mass is 518 g/mol. The number of H-pyrrole nitrogens is 1. The molecule has 1 fully saturated rings. The van der Waals surface area contributed by atoms with Crippen LogP contribution in [-0.4, -0.2) is 50.2 Å². The lowest BCUT2D eigenvalue weighted by Gasteiger charge is -2.34. The predicted octanol–water partition coefficient (Wildman–Crippen LogP) is 4.51. The van der Waals surface area contributed by atoms with E-state index in [0.717, 1.165) is 42.7 Å². The van der Waals surface area contributed by atoms with Crippen LogP contribution in [0.15, 0.2) is 53.3 Å². The number of hydrogen-bond donors (Lipinski definition) is 1. The SMILES string of the molecule is O=c1c(Cl)c(CN2CCN(c3nc(-c4ccccc4)ns3)CC2)[nH]n1Cc1ccc(F)c(Cl)c1. The number of benzene rings is 2. The molecular formula is C23H21Cl2FN6OS. The van der Waals surface area contributed by atoms with Gasteiger partial charge in [0.25, 0.3) is 5.56 Å². The molecule has 2 aromatic carbocycles. The number of hydrogen-bond acceptors (Lipinski definition) is 6. The van der Waals surface area contributed by atoms with Crippen LogP contribution in [0.1, 0.15) is 11.3 Å². The smallest absolute Gasteiger partial charge is 0.285 e. The fraction of sp³-hybridized carbons (Fsp3) is 0.261. The summed E-state index contributed by atoms with van der Waals surface area (Å²) in [6.07, 6.45) is 0. The third-order valence-electron chi connectivity index (χ3n) is 5.76. The molecule has 34 heavy (non-hydrogen) atoms. The number of halogens is 3. The fourth-order valence-electron chi connectivity index (χ4n) is 3.92. The molecule has 1 aliphatic heterocycles. The highest BCUT2D eigenvalue weighted by Gasteiger charge is 2.23. The molecule has 7 nitrogen and oxygen atoms in total. The second-order valence-electron chi connectivity index (χ2n) is 8.07. The molecular weight excluding hydrogens is 498 g/mol. The van der Waals surface area contributed by atoms with E-state index >= 15 is 0 Å². The van der Waals surface area contributed by atoms with E-state index in [0.29, 0.717) is 17.8 Å². The van der Waals surface area contributed by atoms with Crippen molar-refractivity contribution < 1.29 is 4.39 Å². The van der Waals surface area contributed by atoms with Gasteiger partial charge in [-0.3, -0.25) is 14.8 Å². The predicted molar refractivity (Wildman–Crippen MR) is 133 cm³/mol. The van der Waals surface area contributed by atoms with E-state index in [2.05, 4.69) is 19.3 Å². The summed E-state index contributed by atoms with van der Waals surface area (Å²) < 4.78 is 19.3. The molecule has 0 atom stereocenters. The van der Waals surface area contributed by atoms with Crippen molar-refractivity contribution in [2.45, 2.75) is 13.1 Å². The first-order valence-corrected chi connectivity index (χ1v) is 12.3. The van der Waals surface area contributed by atoms with Gasteiger partial charge in [0.2, 0.25) is 5.13 Å². The highest BCUT2D eigenvalue weighted by Crippen LogP contribution is 2.25. The summed E-state index contributed by atoms with van der Waals surface area (Å²) in [6, 6.07) is 14.3. The summed E-state index contributed by atoms with van der Waals surface area (Å²) in [4.78, 5) is 21.8. The van der Waals surface area contributed by atoms with Crippen LogP contribution in [0.5, 0.6) is 0 Å². The van der Waals surface area contributed by atoms with Crippen LogP contribution >= 0.6 is 34.7 Å². The molecule has 3 heterocycles. The second-order valence-corrected chi connectivity index (χ2v) is 9.59. The van der Waals surface area contributed by atoms with Crippen LogP contribution in [0.4, 0.5) is 9.52 Å². The van der Waals surface area contributed by atoms with Crippen LogP contribution < -0.4 is 10.5 Å². The summed E-state index contributed by atoms with van der Waals surface area (Å²) in [5.74, 6) is 0.253. The lowest BCUT2D eigenvalue weighted by Crippen LogP contribution is -2.46. The lowest BCUT2D eigenvalue weighted by atomic mass is 10.2. The van der Waals surface area contributed by atoms with Gasteiger partial charge < -0.3 is 4.90 Å². The molecule has 1 N–H and O–H groups in total. The molecule has 176 valence electrons. The van der Waals surface area contributed by atoms with Crippen molar-refractivity contribution in [1.29, 1.82) is 0 Å². The Morgan fingerprint density at radius 2 is 1.79 bits per heavy atom. The number of aromatic amines is 1. The maximum atomic E-state index is 13.4. The zero-order valence-corrected chi connectivity index (χ0v) is 20.4. The first-order chi connectivity index (χ1) is 16.5. The normalized spacial score (nSPS) is 14.6. The highest BCUT2D eigenvalue weighted by atomic mass is 35.5. The van der Waals surface area contributed by atoms with E-state index in [1.165, 1.54) is 28.3 Å². The van der Waals surface area contributed by atoms with E-state index in [-0.39, 0.29) is 22.1 Å². The molecule has 1 aliphatic rings. The first-order valence-electron chi connectivity index (χ1n) is 10.8. The van der Waals surface area contributed by atoms with E-state index in [9.17, 15) is 9.18 Å². The van der Waals surface area contributed by atoms with Crippen molar-refractivity contribution in [2.24, 2.45) is 0 Å². The molecule has 0 amide bonds. The third kappa shape index (κ3) is 4.88. The van der Waals surface area contributed by atoms with Gasteiger partial charge in [-0.1, -0.05) is 59.6 Å². The molecule has 0 radical (unpaired) electrons. The lowest BCUT2D eigenvalue weighted by molar-refractivity contribution is 0.246. The Bertz CT molecular complexity index is 1350. The van der Waals surface area contributed by atoms with Crippen molar-refractivity contribution in [3.05, 3.63) is 86.0 Å². The molecule has 5 rings (SSSR count). The van der Waals surface area contributed by atoms with Gasteiger partial charge in [0, 0.05) is 49.8 Å². The molecule has 2 aromatic heterocycles. The summed E-state index contributed by atoms with van der Waals surface area (Å²) in [5, 5.41) is 4.21. The molecule has 11 heteroatoms. The van der Waals surface area contributed by atoms with Crippen LogP contribution in [0.2, 0.25) is 10.0 Å². The number of rotatable bonds is 6. The van der Waals surface area contributed by atoms with Gasteiger partial charge in [-0.25, -0.2) is 9.07 Å². The fourth-order valence-corrected chi connectivity index (χ4v) is 5.06. The minimum atomic E-state index is -0.494. The number of nitrogens with zero attached hydrogens (tertiary/aromatic N) is 5. The quantitative estimate of drug-likeness (QED) is 0.406. The van der Waals surface area contributed by atoms with Gasteiger partial charge in [0.1, 0.15) is 10.8 Å². The van der Waals surface area contributed by atoms with Crippen LogP contribution in [0.25, 0.3) is 11.4 Å². The maximum Gasteiger partial charge on any atom is 0.285 e. The van der Waals surface area contributed by atoms with Gasteiger partial charge in [0.05, 0.1) is 17.3 Å². The average Bonchev–Trinajstić information content (AvgIpc) is 3.44. The minimum absolute atomic E-state index is 0.0209. The van der Waals surface area contributed by atoms with Crippen LogP contribution in [0, 0.1) is 5.82 Å². The average molecular weight is 519 g/mol. The van der Waals surface area contributed by atoms with Crippen LogP contribution in [0.3, 0.4) is 0 Å². The van der Waals surface area contributed by atoms with Crippen molar-refractivity contribution in [2.75, 3.05) is 31.1 Å². The Morgan fingerprint density at radius 3 is 2.53 bits per heavy atom. The first kappa shape index (κ1) is 23.0. The Hall–Kier alpha value is -2.72. The van der Waals surface area contributed by atoms with E-state index in [1.807, 2.05) is 30.3 Å². The summed E-state index contributed by atoms with van der Waals surface area (Å²) in [5.41, 5.74) is 2.07. The van der Waals surface area contributed by atoms with Gasteiger partial charge >= 0.3 is 0 Å². The number of piperazine rings is 1. The van der Waals surface area contributed by atoms with Crippen molar-refractivity contribution in [3.8, 4) is 11.4 Å². The highest BCUT2D eigenvalue weighted by molar-refractivity contribution is 7.09. The minimum Gasteiger partial charge on any atom is -0.344 e. The summed E-state index contributed by atoms with van der Waals surface area (Å²) in [6.45, 7) is 3.98. The van der Waals surface area contributed by atoms with Crippen molar-refractivity contribution >= 4 is 39.9 Å². The molecule has 0 saturated carbocycles. The largest absolute Gasteiger partial charge is 0.344 e. The topological polar surface area (TPSA) is 70.1 Å². The standard InChI is InChI=1S/C23H21Cl2FN6OS/c24-17-12-15(6-7-18(17)26)13-32-22(33)20(25)19(28-32)14-30-8-10-31(11-9-30)23-27-21(29-34-23)16-4-2-1-3-5-16/h1-7,12,28H,8-11,13-14H2. The van der Waals surface area contributed by atoms with Gasteiger partial charge in [-0.15, -0.1) is 0 Å². The molecule has 0 spiro atoms. The number of nitrogens with one attached hydrogen (secondary N) is 1. The molecule has 0 bridgehead atoms. The maximum absolute atomic E-state index is 13.4. The molecule has 0 unspecified atom stereocenters. The second kappa shape index (κ2) is 9.87. The Kier molecular flexibility index (Phi) is 6.69. The van der Waals surface area contributed by atoms with Crippen molar-refractivity contribution in [3.63, 3.8) is 0 Å². The third-order valence-corrected chi connectivity index (χ3v) is 7.22. The Labute approximate surface area is 209 Å². The Balaban J connectivity index is 1.21. The Morgan fingerprint density at radius 1 is 1.03 bits per heavy atom. The number of anilines is 1. The molecule has 0 aliphatic carbocycles.